The molecule has 0 aliphatic heterocycles. The maximum absolute atomic E-state index is 12.1. The number of nitrogen functional groups attached to an aromatic ring is 1. The first-order chi connectivity index (χ1) is 8.97. The van der Waals surface area contributed by atoms with Crippen LogP contribution in [0.1, 0.15) is 19.3 Å². The van der Waals surface area contributed by atoms with Crippen molar-refractivity contribution in [2.75, 3.05) is 26.0 Å². The third kappa shape index (κ3) is 3.65. The van der Waals surface area contributed by atoms with Crippen LogP contribution in [0.5, 0.6) is 0 Å². The van der Waals surface area contributed by atoms with Crippen LogP contribution in [0.25, 0.3) is 0 Å². The van der Waals surface area contributed by atoms with Crippen molar-refractivity contribution in [2.24, 2.45) is 5.41 Å². The SMILES string of the molecule is COCCC1(CNS(=O)(=O)c2ccnc(N)c2)CC1. The number of hydrogen-bond donors (Lipinski definition) is 2. The van der Waals surface area contributed by atoms with Crippen molar-refractivity contribution in [3.63, 3.8) is 0 Å². The molecule has 6 nitrogen and oxygen atoms in total. The van der Waals surface area contributed by atoms with Gasteiger partial charge in [-0.05, 0) is 30.7 Å². The Morgan fingerprint density at radius 2 is 2.26 bits per heavy atom. The molecule has 7 heteroatoms. The molecular weight excluding hydrogens is 266 g/mol. The van der Waals surface area contributed by atoms with E-state index >= 15 is 0 Å². The number of ether oxygens (including phenoxy) is 1. The molecule has 0 radical (unpaired) electrons. The number of nitrogens with zero attached hydrogens (tertiary/aromatic N) is 1. The maximum Gasteiger partial charge on any atom is 0.240 e. The van der Waals surface area contributed by atoms with Gasteiger partial charge in [-0.1, -0.05) is 0 Å². The first-order valence-electron chi connectivity index (χ1n) is 6.18. The molecule has 1 aromatic heterocycles. The van der Waals surface area contributed by atoms with Crippen LogP contribution < -0.4 is 10.5 Å². The largest absolute Gasteiger partial charge is 0.385 e. The van der Waals surface area contributed by atoms with E-state index in [1.807, 2.05) is 0 Å². The summed E-state index contributed by atoms with van der Waals surface area (Å²) in [6.45, 7) is 1.10. The summed E-state index contributed by atoms with van der Waals surface area (Å²) in [6, 6.07) is 2.80. The summed E-state index contributed by atoms with van der Waals surface area (Å²) in [6.07, 6.45) is 4.35. The molecule has 1 saturated carbocycles. The van der Waals surface area contributed by atoms with Gasteiger partial charge in [-0.25, -0.2) is 18.1 Å². The number of aromatic nitrogens is 1. The van der Waals surface area contributed by atoms with Crippen LogP contribution in [0.4, 0.5) is 5.82 Å². The fourth-order valence-corrected chi connectivity index (χ4v) is 3.12. The summed E-state index contributed by atoms with van der Waals surface area (Å²) in [5.41, 5.74) is 5.57. The lowest BCUT2D eigenvalue weighted by Gasteiger charge is -2.15. The minimum atomic E-state index is -3.51. The van der Waals surface area contributed by atoms with E-state index in [0.717, 1.165) is 19.3 Å². The normalized spacial score (nSPS) is 17.3. The Morgan fingerprint density at radius 1 is 1.53 bits per heavy atom. The average Bonchev–Trinajstić information content (AvgIpc) is 3.15. The van der Waals surface area contributed by atoms with Gasteiger partial charge in [-0.15, -0.1) is 0 Å². The molecule has 1 aromatic rings. The zero-order valence-corrected chi connectivity index (χ0v) is 11.7. The highest BCUT2D eigenvalue weighted by Crippen LogP contribution is 2.48. The third-order valence-electron chi connectivity index (χ3n) is 3.49. The van der Waals surface area contributed by atoms with Gasteiger partial charge in [-0.2, -0.15) is 0 Å². The minimum absolute atomic E-state index is 0.0711. The van der Waals surface area contributed by atoms with Crippen molar-refractivity contribution >= 4 is 15.8 Å². The molecule has 0 spiro atoms. The van der Waals surface area contributed by atoms with E-state index in [-0.39, 0.29) is 16.1 Å². The molecule has 106 valence electrons. The number of hydrogen-bond acceptors (Lipinski definition) is 5. The quantitative estimate of drug-likeness (QED) is 0.771. The second kappa shape index (κ2) is 5.44. The fraction of sp³-hybridized carbons (Fsp3) is 0.583. The second-order valence-corrected chi connectivity index (χ2v) is 6.75. The highest BCUT2D eigenvalue weighted by atomic mass is 32.2. The highest BCUT2D eigenvalue weighted by Gasteiger charge is 2.42. The predicted molar refractivity (Wildman–Crippen MR) is 72.0 cm³/mol. The number of methoxy groups -OCH3 is 1. The van der Waals surface area contributed by atoms with Crippen molar-refractivity contribution in [1.29, 1.82) is 0 Å². The molecule has 0 saturated heterocycles. The van der Waals surface area contributed by atoms with Gasteiger partial charge in [0.1, 0.15) is 5.82 Å². The summed E-state index contributed by atoms with van der Waals surface area (Å²) in [7, 11) is -1.86. The van der Waals surface area contributed by atoms with Crippen molar-refractivity contribution in [3.05, 3.63) is 18.3 Å². The summed E-state index contributed by atoms with van der Waals surface area (Å²) in [5, 5.41) is 0. The Labute approximate surface area is 113 Å². The van der Waals surface area contributed by atoms with Gasteiger partial charge in [-0.3, -0.25) is 0 Å². The number of nitrogens with two attached hydrogens (primary N) is 1. The van der Waals surface area contributed by atoms with Crippen LogP contribution in [0, 0.1) is 5.41 Å². The van der Waals surface area contributed by atoms with Gasteiger partial charge in [0.05, 0.1) is 4.90 Å². The van der Waals surface area contributed by atoms with Gasteiger partial charge in [0, 0.05) is 32.5 Å². The molecule has 0 bridgehead atoms. The maximum atomic E-state index is 12.1. The highest BCUT2D eigenvalue weighted by molar-refractivity contribution is 7.89. The zero-order chi connectivity index (χ0) is 13.9. The molecule has 19 heavy (non-hydrogen) atoms. The van der Waals surface area contributed by atoms with Crippen LogP contribution in [0.15, 0.2) is 23.2 Å². The monoisotopic (exact) mass is 285 g/mol. The van der Waals surface area contributed by atoms with E-state index in [9.17, 15) is 8.42 Å². The van der Waals surface area contributed by atoms with Crippen molar-refractivity contribution < 1.29 is 13.2 Å². The smallest absolute Gasteiger partial charge is 0.240 e. The van der Waals surface area contributed by atoms with E-state index in [1.54, 1.807) is 7.11 Å². The Bertz CT molecular complexity index is 541. The molecule has 0 amide bonds. The van der Waals surface area contributed by atoms with Crippen LogP contribution in [0.3, 0.4) is 0 Å². The fourth-order valence-electron chi connectivity index (χ4n) is 1.94. The van der Waals surface area contributed by atoms with Crippen LogP contribution in [-0.4, -0.2) is 33.7 Å². The van der Waals surface area contributed by atoms with Crippen LogP contribution >= 0.6 is 0 Å². The summed E-state index contributed by atoms with van der Waals surface area (Å²) in [5.74, 6) is 0.198. The number of nitrogens with one attached hydrogen (secondary N) is 1. The van der Waals surface area contributed by atoms with E-state index in [2.05, 4.69) is 9.71 Å². The zero-order valence-electron chi connectivity index (χ0n) is 10.9. The Morgan fingerprint density at radius 3 is 2.84 bits per heavy atom. The predicted octanol–water partition coefficient (Wildman–Crippen LogP) is 0.759. The van der Waals surface area contributed by atoms with E-state index in [4.69, 9.17) is 10.5 Å². The molecule has 1 aliphatic rings. The first kappa shape index (κ1) is 14.2. The lowest BCUT2D eigenvalue weighted by Crippen LogP contribution is -2.31. The van der Waals surface area contributed by atoms with Crippen LogP contribution in [-0.2, 0) is 14.8 Å². The summed E-state index contributed by atoms with van der Waals surface area (Å²) >= 11 is 0. The van der Waals surface area contributed by atoms with Crippen molar-refractivity contribution in [3.8, 4) is 0 Å². The number of sulfonamides is 1. The molecular formula is C12H19N3O3S. The van der Waals surface area contributed by atoms with E-state index in [1.165, 1.54) is 18.3 Å². The first-order valence-corrected chi connectivity index (χ1v) is 7.66. The lowest BCUT2D eigenvalue weighted by molar-refractivity contribution is 0.173. The molecule has 0 atom stereocenters. The molecule has 0 aromatic carbocycles. The van der Waals surface area contributed by atoms with E-state index in [0.29, 0.717) is 13.2 Å². The van der Waals surface area contributed by atoms with Crippen molar-refractivity contribution in [1.82, 2.24) is 9.71 Å². The topological polar surface area (TPSA) is 94.3 Å². The van der Waals surface area contributed by atoms with Gasteiger partial charge in [0.15, 0.2) is 0 Å². The molecule has 3 N–H and O–H groups in total. The standard InChI is InChI=1S/C12H19N3O3S/c1-18-7-5-12(3-4-12)9-15-19(16,17)10-2-6-14-11(13)8-10/h2,6,8,15H,3-5,7,9H2,1H3,(H2,13,14). The molecule has 1 fully saturated rings. The van der Waals surface area contributed by atoms with Crippen molar-refractivity contribution in [2.45, 2.75) is 24.2 Å². The van der Waals surface area contributed by atoms with Gasteiger partial charge in [0.25, 0.3) is 0 Å². The minimum Gasteiger partial charge on any atom is -0.385 e. The van der Waals surface area contributed by atoms with Gasteiger partial charge in [0.2, 0.25) is 10.0 Å². The van der Waals surface area contributed by atoms with E-state index < -0.39 is 10.0 Å². The third-order valence-corrected chi connectivity index (χ3v) is 4.89. The number of rotatable bonds is 7. The Hall–Kier alpha value is -1.18. The van der Waals surface area contributed by atoms with Gasteiger partial charge < -0.3 is 10.5 Å². The van der Waals surface area contributed by atoms with Crippen LogP contribution in [0.2, 0.25) is 0 Å². The number of pyridine rings is 1. The lowest BCUT2D eigenvalue weighted by atomic mass is 10.0. The molecule has 0 unspecified atom stereocenters. The Kier molecular flexibility index (Phi) is 4.07. The van der Waals surface area contributed by atoms with Gasteiger partial charge >= 0.3 is 0 Å². The molecule has 1 aliphatic carbocycles. The molecule has 1 heterocycles. The summed E-state index contributed by atoms with van der Waals surface area (Å²) < 4.78 is 31.9. The average molecular weight is 285 g/mol. The second-order valence-electron chi connectivity index (χ2n) is 4.98. The molecule has 2 rings (SSSR count). The summed E-state index contributed by atoms with van der Waals surface area (Å²) in [4.78, 5) is 3.94. The Balaban J connectivity index is 1.99. The number of anilines is 1.